The fraction of sp³-hybridized carbons (Fsp3) is 0.600. The summed E-state index contributed by atoms with van der Waals surface area (Å²) in [5, 5.41) is 13.0. The van der Waals surface area contributed by atoms with Gasteiger partial charge in [0.05, 0.1) is 6.10 Å². The van der Waals surface area contributed by atoms with Crippen molar-refractivity contribution < 1.29 is 19.2 Å². The fourth-order valence-corrected chi connectivity index (χ4v) is 1.71. The largest absolute Gasteiger partial charge is 0.391 e. The van der Waals surface area contributed by atoms with Gasteiger partial charge in [0.1, 0.15) is 6.61 Å². The lowest BCUT2D eigenvalue weighted by atomic mass is 10.3. The van der Waals surface area contributed by atoms with Gasteiger partial charge in [0.2, 0.25) is 0 Å². The molecule has 1 saturated heterocycles. The summed E-state index contributed by atoms with van der Waals surface area (Å²) in [5.74, 6) is 0.313. The van der Waals surface area contributed by atoms with Crippen LogP contribution in [0.15, 0.2) is 10.6 Å². The van der Waals surface area contributed by atoms with Gasteiger partial charge in [-0.2, -0.15) is 0 Å². The lowest BCUT2D eigenvalue weighted by Crippen LogP contribution is -2.29. The Hall–Kier alpha value is -1.40. The molecule has 6 heteroatoms. The Balaban J connectivity index is 2.03. The molecule has 1 fully saturated rings. The van der Waals surface area contributed by atoms with Gasteiger partial charge in [-0.05, 0) is 6.42 Å². The summed E-state index contributed by atoms with van der Waals surface area (Å²) >= 11 is 0. The summed E-state index contributed by atoms with van der Waals surface area (Å²) in [6.45, 7) is 1.22. The molecule has 2 heterocycles. The Kier molecular flexibility index (Phi) is 3.21. The Morgan fingerprint density at radius 3 is 3.25 bits per heavy atom. The second-order valence-corrected chi connectivity index (χ2v) is 3.81. The smallest absolute Gasteiger partial charge is 0.276 e. The zero-order valence-corrected chi connectivity index (χ0v) is 9.05. The number of carbonyl (C=O) groups is 1. The van der Waals surface area contributed by atoms with Crippen LogP contribution in [0, 0.1) is 0 Å². The predicted octanol–water partition coefficient (Wildman–Crippen LogP) is 0.0278. The van der Waals surface area contributed by atoms with E-state index in [0.717, 1.165) is 0 Å². The van der Waals surface area contributed by atoms with Crippen LogP contribution in [0.5, 0.6) is 0 Å². The molecule has 2 rings (SSSR count). The van der Waals surface area contributed by atoms with Crippen molar-refractivity contribution in [3.8, 4) is 0 Å². The highest BCUT2D eigenvalue weighted by Crippen LogP contribution is 2.14. The average Bonchev–Trinajstić information content (AvgIpc) is 2.87. The van der Waals surface area contributed by atoms with Gasteiger partial charge in [0.15, 0.2) is 11.5 Å². The summed E-state index contributed by atoms with van der Waals surface area (Å²) in [6, 6.07) is 1.57. The van der Waals surface area contributed by atoms with Gasteiger partial charge in [0.25, 0.3) is 5.91 Å². The highest BCUT2D eigenvalue weighted by molar-refractivity contribution is 5.92. The van der Waals surface area contributed by atoms with E-state index in [1.807, 2.05) is 0 Å². The van der Waals surface area contributed by atoms with Gasteiger partial charge in [-0.15, -0.1) is 0 Å². The third-order valence-electron chi connectivity index (χ3n) is 2.52. The van der Waals surface area contributed by atoms with Crippen LogP contribution >= 0.6 is 0 Å². The molecule has 1 aromatic heterocycles. The van der Waals surface area contributed by atoms with Crippen LogP contribution < -0.4 is 0 Å². The maximum atomic E-state index is 11.9. The average molecular weight is 226 g/mol. The second-order valence-electron chi connectivity index (χ2n) is 3.81. The summed E-state index contributed by atoms with van der Waals surface area (Å²) in [7, 11) is 1.54. The van der Waals surface area contributed by atoms with E-state index in [4.69, 9.17) is 9.26 Å². The molecule has 1 aromatic rings. The van der Waals surface area contributed by atoms with Gasteiger partial charge in [-0.25, -0.2) is 0 Å². The van der Waals surface area contributed by atoms with Gasteiger partial charge in [0, 0.05) is 26.3 Å². The van der Waals surface area contributed by atoms with E-state index in [1.165, 1.54) is 0 Å². The van der Waals surface area contributed by atoms with E-state index in [-0.39, 0.29) is 11.6 Å². The SMILES string of the molecule is COCc1cc(C(=O)N2CC[C@@H](O)C2)no1. The first kappa shape index (κ1) is 11.1. The van der Waals surface area contributed by atoms with Crippen molar-refractivity contribution in [2.45, 2.75) is 19.1 Å². The standard InChI is InChI=1S/C10H14N2O4/c1-15-6-8-4-9(11-16-8)10(14)12-3-2-7(13)5-12/h4,7,13H,2-3,5-6H2,1H3/t7-/m1/s1. The van der Waals surface area contributed by atoms with Crippen molar-refractivity contribution in [2.75, 3.05) is 20.2 Å². The molecule has 0 aliphatic carbocycles. The molecule has 0 saturated carbocycles. The van der Waals surface area contributed by atoms with Crippen molar-refractivity contribution in [1.29, 1.82) is 0 Å². The number of aliphatic hydroxyl groups excluding tert-OH is 1. The first-order chi connectivity index (χ1) is 7.70. The molecule has 1 amide bonds. The zero-order chi connectivity index (χ0) is 11.5. The number of aliphatic hydroxyl groups is 1. The van der Waals surface area contributed by atoms with Crippen LogP contribution in [-0.4, -0.2) is 47.4 Å². The minimum absolute atomic E-state index is 0.206. The Bertz CT molecular complexity index is 377. The molecular formula is C10H14N2O4. The molecule has 1 aliphatic heterocycles. The number of rotatable bonds is 3. The van der Waals surface area contributed by atoms with Crippen LogP contribution in [0.2, 0.25) is 0 Å². The van der Waals surface area contributed by atoms with Gasteiger partial charge < -0.3 is 19.3 Å². The van der Waals surface area contributed by atoms with Gasteiger partial charge in [-0.1, -0.05) is 5.16 Å². The summed E-state index contributed by atoms with van der Waals surface area (Å²) in [4.78, 5) is 13.4. The number of carbonyl (C=O) groups excluding carboxylic acids is 1. The molecule has 0 spiro atoms. The lowest BCUT2D eigenvalue weighted by Gasteiger charge is -2.12. The number of β-amino-alcohol motifs (C(OH)–C–C–N with tert-alkyl or cyclic N) is 1. The Labute approximate surface area is 92.8 Å². The molecule has 0 aromatic carbocycles. The first-order valence-corrected chi connectivity index (χ1v) is 5.12. The maximum absolute atomic E-state index is 11.9. The number of amides is 1. The normalized spacial score (nSPS) is 20.4. The highest BCUT2D eigenvalue weighted by atomic mass is 16.5. The van der Waals surface area contributed by atoms with Crippen LogP contribution in [0.3, 0.4) is 0 Å². The van der Waals surface area contributed by atoms with E-state index in [2.05, 4.69) is 5.16 Å². The number of aromatic nitrogens is 1. The van der Waals surface area contributed by atoms with Crippen molar-refractivity contribution in [1.82, 2.24) is 10.1 Å². The molecule has 1 atom stereocenters. The summed E-state index contributed by atoms with van der Waals surface area (Å²) in [5.41, 5.74) is 0.265. The van der Waals surface area contributed by atoms with Crippen LogP contribution in [0.25, 0.3) is 0 Å². The predicted molar refractivity (Wildman–Crippen MR) is 53.7 cm³/mol. The molecule has 0 radical (unpaired) electrons. The second kappa shape index (κ2) is 4.63. The minimum Gasteiger partial charge on any atom is -0.391 e. The molecular weight excluding hydrogens is 212 g/mol. The highest BCUT2D eigenvalue weighted by Gasteiger charge is 2.27. The maximum Gasteiger partial charge on any atom is 0.276 e. The van der Waals surface area contributed by atoms with Gasteiger partial charge >= 0.3 is 0 Å². The van der Waals surface area contributed by atoms with Crippen molar-refractivity contribution >= 4 is 5.91 Å². The summed E-state index contributed by atoms with van der Waals surface area (Å²) in [6.07, 6.45) is 0.198. The molecule has 1 N–H and O–H groups in total. The van der Waals surface area contributed by atoms with E-state index in [1.54, 1.807) is 18.1 Å². The Morgan fingerprint density at radius 1 is 1.81 bits per heavy atom. The number of nitrogens with zero attached hydrogens (tertiary/aromatic N) is 2. The van der Waals surface area contributed by atoms with Crippen molar-refractivity contribution in [3.63, 3.8) is 0 Å². The number of hydrogen-bond acceptors (Lipinski definition) is 5. The zero-order valence-electron chi connectivity index (χ0n) is 9.05. The molecule has 6 nitrogen and oxygen atoms in total. The van der Waals surface area contributed by atoms with Crippen molar-refractivity contribution in [3.05, 3.63) is 17.5 Å². The number of likely N-dealkylation sites (tertiary alicyclic amines) is 1. The topological polar surface area (TPSA) is 75.8 Å². The molecule has 1 aliphatic rings. The quantitative estimate of drug-likeness (QED) is 0.786. The Morgan fingerprint density at radius 2 is 2.62 bits per heavy atom. The van der Waals surface area contributed by atoms with E-state index in [0.29, 0.717) is 31.9 Å². The number of hydrogen-bond donors (Lipinski definition) is 1. The number of ether oxygens (including phenoxy) is 1. The molecule has 0 bridgehead atoms. The third kappa shape index (κ3) is 2.23. The number of methoxy groups -OCH3 is 1. The molecule has 0 unspecified atom stereocenters. The minimum atomic E-state index is -0.422. The third-order valence-corrected chi connectivity index (χ3v) is 2.52. The lowest BCUT2D eigenvalue weighted by molar-refractivity contribution is 0.0754. The van der Waals surface area contributed by atoms with E-state index >= 15 is 0 Å². The molecule has 88 valence electrons. The van der Waals surface area contributed by atoms with Crippen LogP contribution in [-0.2, 0) is 11.3 Å². The molecule has 16 heavy (non-hydrogen) atoms. The van der Waals surface area contributed by atoms with Crippen LogP contribution in [0.1, 0.15) is 22.7 Å². The summed E-state index contributed by atoms with van der Waals surface area (Å²) < 4.78 is 9.79. The van der Waals surface area contributed by atoms with E-state index < -0.39 is 6.10 Å². The van der Waals surface area contributed by atoms with E-state index in [9.17, 15) is 9.90 Å². The van der Waals surface area contributed by atoms with Crippen molar-refractivity contribution in [2.24, 2.45) is 0 Å². The van der Waals surface area contributed by atoms with Gasteiger partial charge in [-0.3, -0.25) is 4.79 Å². The van der Waals surface area contributed by atoms with Crippen LogP contribution in [0.4, 0.5) is 0 Å². The fourth-order valence-electron chi connectivity index (χ4n) is 1.71. The first-order valence-electron chi connectivity index (χ1n) is 5.12. The monoisotopic (exact) mass is 226 g/mol.